The van der Waals surface area contributed by atoms with Gasteiger partial charge in [-0.3, -0.25) is 4.79 Å². The Bertz CT molecular complexity index is 1350. The van der Waals surface area contributed by atoms with E-state index in [1.807, 2.05) is 31.2 Å². The van der Waals surface area contributed by atoms with Crippen LogP contribution in [0.25, 0.3) is 17.1 Å². The summed E-state index contributed by atoms with van der Waals surface area (Å²) in [4.78, 5) is 16.6. The first-order chi connectivity index (χ1) is 16.9. The molecule has 0 saturated heterocycles. The van der Waals surface area contributed by atoms with E-state index in [0.29, 0.717) is 48.9 Å². The maximum atomic E-state index is 13.2. The number of anilines is 1. The third-order valence-corrected chi connectivity index (χ3v) is 5.43. The van der Waals surface area contributed by atoms with E-state index in [1.54, 1.807) is 0 Å². The second kappa shape index (κ2) is 10.6. The number of aromatic nitrogens is 4. The number of nitriles is 1. The van der Waals surface area contributed by atoms with Crippen LogP contribution < -0.4 is 11.1 Å². The lowest BCUT2D eigenvalue weighted by atomic mass is 10.1. The van der Waals surface area contributed by atoms with E-state index in [9.17, 15) is 14.4 Å². The minimum absolute atomic E-state index is 0.142. The molecule has 9 nitrogen and oxygen atoms in total. The molecule has 4 aromatic rings. The van der Waals surface area contributed by atoms with Crippen molar-refractivity contribution in [3.8, 4) is 23.1 Å². The molecule has 0 spiro atoms. The van der Waals surface area contributed by atoms with Crippen LogP contribution in [0.2, 0.25) is 0 Å². The number of carbonyl (C=O) groups is 1. The number of nitrogens with two attached hydrogens (primary N) is 1. The highest BCUT2D eigenvalue weighted by Gasteiger charge is 2.17. The van der Waals surface area contributed by atoms with Gasteiger partial charge in [-0.2, -0.15) is 15.3 Å². The molecular formula is C25H24FN7O2. The average Bonchev–Trinajstić information content (AvgIpc) is 3.46. The van der Waals surface area contributed by atoms with E-state index >= 15 is 0 Å². The standard InChI is InChI=1S/C25H24FN7O2/c1-16-4-6-17(7-5-16)25-30-23(35-32-25)13-12-22(34)29-14-2-3-21-20(15-27)24(28)33(31-21)19-10-8-18(26)9-11-19/h4-11H,2-3,12-14,28H2,1H3,(H,29,34). The maximum Gasteiger partial charge on any atom is 0.227 e. The number of hydrogen-bond donors (Lipinski definition) is 2. The van der Waals surface area contributed by atoms with Gasteiger partial charge in [-0.05, 0) is 44.0 Å². The van der Waals surface area contributed by atoms with E-state index in [1.165, 1.54) is 28.9 Å². The van der Waals surface area contributed by atoms with Gasteiger partial charge in [-0.15, -0.1) is 0 Å². The minimum atomic E-state index is -0.373. The molecule has 0 saturated carbocycles. The molecule has 2 heterocycles. The van der Waals surface area contributed by atoms with Crippen LogP contribution in [-0.2, 0) is 17.6 Å². The summed E-state index contributed by atoms with van der Waals surface area (Å²) in [6.45, 7) is 2.41. The molecule has 0 aliphatic rings. The highest BCUT2D eigenvalue weighted by molar-refractivity contribution is 5.76. The summed E-state index contributed by atoms with van der Waals surface area (Å²) < 4.78 is 19.9. The van der Waals surface area contributed by atoms with Crippen molar-refractivity contribution >= 4 is 11.7 Å². The molecule has 3 N–H and O–H groups in total. The number of hydrogen-bond acceptors (Lipinski definition) is 7. The quantitative estimate of drug-likeness (QED) is 0.355. The van der Waals surface area contributed by atoms with Crippen molar-refractivity contribution in [1.82, 2.24) is 25.2 Å². The molecule has 4 rings (SSSR count). The fraction of sp³-hybridized carbons (Fsp3) is 0.240. The van der Waals surface area contributed by atoms with Gasteiger partial charge < -0.3 is 15.6 Å². The molecule has 2 aromatic heterocycles. The predicted molar refractivity (Wildman–Crippen MR) is 127 cm³/mol. The molecule has 0 aliphatic heterocycles. The fourth-order valence-corrected chi connectivity index (χ4v) is 3.52. The van der Waals surface area contributed by atoms with E-state index in [-0.39, 0.29) is 29.5 Å². The number of nitrogens with zero attached hydrogens (tertiary/aromatic N) is 5. The van der Waals surface area contributed by atoms with Crippen LogP contribution in [-0.4, -0.2) is 32.4 Å². The fourth-order valence-electron chi connectivity index (χ4n) is 3.52. The maximum absolute atomic E-state index is 13.2. The predicted octanol–water partition coefficient (Wildman–Crippen LogP) is 3.51. The number of nitrogens with one attached hydrogen (secondary N) is 1. The van der Waals surface area contributed by atoms with Gasteiger partial charge >= 0.3 is 0 Å². The van der Waals surface area contributed by atoms with Crippen LogP contribution in [0.3, 0.4) is 0 Å². The lowest BCUT2D eigenvalue weighted by molar-refractivity contribution is -0.121. The van der Waals surface area contributed by atoms with Gasteiger partial charge in [0.2, 0.25) is 17.6 Å². The lowest BCUT2D eigenvalue weighted by Gasteiger charge is -2.04. The Morgan fingerprint density at radius 2 is 1.91 bits per heavy atom. The third kappa shape index (κ3) is 5.70. The summed E-state index contributed by atoms with van der Waals surface area (Å²) in [6.07, 6.45) is 1.57. The molecular weight excluding hydrogens is 449 g/mol. The number of rotatable bonds is 9. The summed E-state index contributed by atoms with van der Waals surface area (Å²) in [5.41, 5.74) is 9.44. The van der Waals surface area contributed by atoms with Crippen molar-refractivity contribution in [2.75, 3.05) is 12.3 Å². The van der Waals surface area contributed by atoms with Crippen molar-refractivity contribution in [3.63, 3.8) is 0 Å². The monoisotopic (exact) mass is 473 g/mol. The summed E-state index contributed by atoms with van der Waals surface area (Å²) in [7, 11) is 0. The zero-order valence-electron chi connectivity index (χ0n) is 19.2. The summed E-state index contributed by atoms with van der Waals surface area (Å²) in [6, 6.07) is 15.5. The molecule has 35 heavy (non-hydrogen) atoms. The van der Waals surface area contributed by atoms with Crippen molar-refractivity contribution in [1.29, 1.82) is 5.26 Å². The molecule has 178 valence electrons. The van der Waals surface area contributed by atoms with Gasteiger partial charge in [0.25, 0.3) is 0 Å². The third-order valence-electron chi connectivity index (χ3n) is 5.43. The van der Waals surface area contributed by atoms with Gasteiger partial charge in [0.15, 0.2) is 0 Å². The van der Waals surface area contributed by atoms with Crippen LogP contribution in [0.4, 0.5) is 10.2 Å². The molecule has 0 radical (unpaired) electrons. The molecule has 0 fully saturated rings. The van der Waals surface area contributed by atoms with Gasteiger partial charge in [0, 0.05) is 24.9 Å². The number of nitrogen functional groups attached to an aromatic ring is 1. The Balaban J connectivity index is 1.25. The topological polar surface area (TPSA) is 136 Å². The summed E-state index contributed by atoms with van der Waals surface area (Å²) in [5, 5.41) is 20.7. The van der Waals surface area contributed by atoms with Crippen LogP contribution in [0.5, 0.6) is 0 Å². The second-order valence-electron chi connectivity index (χ2n) is 8.04. The number of amides is 1. The largest absolute Gasteiger partial charge is 0.382 e. The summed E-state index contributed by atoms with van der Waals surface area (Å²) in [5.74, 6) is 0.575. The highest BCUT2D eigenvalue weighted by Crippen LogP contribution is 2.22. The molecule has 1 amide bonds. The van der Waals surface area contributed by atoms with E-state index in [0.717, 1.165) is 11.1 Å². The Labute approximate surface area is 201 Å². The minimum Gasteiger partial charge on any atom is -0.382 e. The number of aryl methyl sites for hydroxylation is 3. The smallest absolute Gasteiger partial charge is 0.227 e. The summed E-state index contributed by atoms with van der Waals surface area (Å²) >= 11 is 0. The number of halogens is 1. The van der Waals surface area contributed by atoms with Gasteiger partial charge in [-0.1, -0.05) is 35.0 Å². The first kappa shape index (κ1) is 23.6. The van der Waals surface area contributed by atoms with Gasteiger partial charge in [-0.25, -0.2) is 9.07 Å². The van der Waals surface area contributed by atoms with E-state index < -0.39 is 0 Å². The number of carbonyl (C=O) groups excluding carboxylic acids is 1. The molecule has 0 unspecified atom stereocenters. The first-order valence-electron chi connectivity index (χ1n) is 11.1. The molecule has 0 aliphatic carbocycles. The lowest BCUT2D eigenvalue weighted by Crippen LogP contribution is -2.25. The van der Waals surface area contributed by atoms with Crippen molar-refractivity contribution < 1.29 is 13.7 Å². The van der Waals surface area contributed by atoms with Crippen molar-refractivity contribution in [3.05, 3.63) is 77.1 Å². The molecule has 2 aromatic carbocycles. The highest BCUT2D eigenvalue weighted by atomic mass is 19.1. The second-order valence-corrected chi connectivity index (χ2v) is 8.04. The van der Waals surface area contributed by atoms with Crippen molar-refractivity contribution in [2.24, 2.45) is 0 Å². The van der Waals surface area contributed by atoms with E-state index in [4.69, 9.17) is 10.3 Å². The van der Waals surface area contributed by atoms with E-state index in [2.05, 4.69) is 26.6 Å². The zero-order valence-corrected chi connectivity index (χ0v) is 19.2. The van der Waals surface area contributed by atoms with Crippen LogP contribution >= 0.6 is 0 Å². The first-order valence-corrected chi connectivity index (χ1v) is 11.1. The SMILES string of the molecule is Cc1ccc(-c2noc(CCC(=O)NCCCc3nn(-c4ccc(F)cc4)c(N)c3C#N)n2)cc1. The molecule has 0 bridgehead atoms. The van der Waals surface area contributed by atoms with Crippen LogP contribution in [0, 0.1) is 24.1 Å². The zero-order chi connectivity index (χ0) is 24.8. The molecule has 0 atom stereocenters. The Morgan fingerprint density at radius 3 is 2.63 bits per heavy atom. The Hall–Kier alpha value is -4.52. The van der Waals surface area contributed by atoms with Crippen LogP contribution in [0.1, 0.15) is 35.6 Å². The molecule has 10 heteroatoms. The van der Waals surface area contributed by atoms with Crippen molar-refractivity contribution in [2.45, 2.75) is 32.6 Å². The van der Waals surface area contributed by atoms with Crippen LogP contribution in [0.15, 0.2) is 53.1 Å². The van der Waals surface area contributed by atoms with Gasteiger partial charge in [0.05, 0.1) is 11.4 Å². The number of benzene rings is 2. The normalized spacial score (nSPS) is 10.8. The Kier molecular flexibility index (Phi) is 7.16. The Morgan fingerprint density at radius 1 is 1.17 bits per heavy atom. The van der Waals surface area contributed by atoms with Gasteiger partial charge in [0.1, 0.15) is 23.3 Å². The average molecular weight is 474 g/mol.